The minimum atomic E-state index is -1.00. The van der Waals surface area contributed by atoms with Gasteiger partial charge in [-0.1, -0.05) is 30.3 Å². The number of hydrogen-bond donors (Lipinski definition) is 3. The second kappa shape index (κ2) is 6.19. The first-order chi connectivity index (χ1) is 9.99. The molecule has 4 N–H and O–H groups in total. The molecule has 0 aromatic heterocycles. The first kappa shape index (κ1) is 14.7. The molecule has 2 rings (SSSR count). The van der Waals surface area contributed by atoms with Crippen LogP contribution in [-0.4, -0.2) is 17.0 Å². The average molecular weight is 284 g/mol. The van der Waals surface area contributed by atoms with E-state index >= 15 is 0 Å². The van der Waals surface area contributed by atoms with Crippen LogP contribution in [-0.2, 0) is 4.79 Å². The van der Waals surface area contributed by atoms with Gasteiger partial charge in [0, 0.05) is 5.69 Å². The monoisotopic (exact) mass is 284 g/mol. The topological polar surface area (TPSA) is 92.4 Å². The van der Waals surface area contributed by atoms with E-state index in [1.54, 1.807) is 25.1 Å². The Hall–Kier alpha value is -2.66. The molecule has 0 saturated heterocycles. The van der Waals surface area contributed by atoms with Crippen molar-refractivity contribution in [2.24, 2.45) is 5.73 Å². The lowest BCUT2D eigenvalue weighted by Crippen LogP contribution is -2.28. The number of carboxylic acid groups (broad SMARTS) is 1. The Morgan fingerprint density at radius 1 is 1.14 bits per heavy atom. The molecule has 0 aliphatic heterocycles. The summed E-state index contributed by atoms with van der Waals surface area (Å²) in [5, 5.41) is 11.6. The summed E-state index contributed by atoms with van der Waals surface area (Å²) in [6.07, 6.45) is 0. The third kappa shape index (κ3) is 3.46. The second-order valence-corrected chi connectivity index (χ2v) is 4.71. The fraction of sp³-hybridized carbons (Fsp3) is 0.125. The SMILES string of the molecule is Cc1cc(C(=O)O)ccc1NC(=O)[C@H](N)c1ccccc1. The van der Waals surface area contributed by atoms with E-state index in [4.69, 9.17) is 10.8 Å². The van der Waals surface area contributed by atoms with Crippen molar-refractivity contribution in [1.29, 1.82) is 0 Å². The Balaban J connectivity index is 2.15. The largest absolute Gasteiger partial charge is 0.478 e. The molecule has 108 valence electrons. The molecular weight excluding hydrogens is 268 g/mol. The van der Waals surface area contributed by atoms with E-state index < -0.39 is 12.0 Å². The molecule has 2 aromatic rings. The standard InChI is InChI=1S/C16H16N2O3/c1-10-9-12(16(20)21)7-8-13(10)18-15(19)14(17)11-5-3-2-4-6-11/h2-9,14H,17H2,1H3,(H,18,19)(H,20,21)/t14-/m1/s1. The first-order valence-corrected chi connectivity index (χ1v) is 6.44. The zero-order valence-corrected chi connectivity index (χ0v) is 11.5. The Morgan fingerprint density at radius 2 is 1.81 bits per heavy atom. The summed E-state index contributed by atoms with van der Waals surface area (Å²) >= 11 is 0. The first-order valence-electron chi connectivity index (χ1n) is 6.44. The van der Waals surface area contributed by atoms with Gasteiger partial charge in [-0.05, 0) is 36.2 Å². The number of carbonyl (C=O) groups excluding carboxylic acids is 1. The number of rotatable bonds is 4. The van der Waals surface area contributed by atoms with E-state index in [2.05, 4.69) is 5.32 Å². The molecule has 0 bridgehead atoms. The van der Waals surface area contributed by atoms with Gasteiger partial charge in [0.15, 0.2) is 0 Å². The van der Waals surface area contributed by atoms with Gasteiger partial charge >= 0.3 is 5.97 Å². The van der Waals surface area contributed by atoms with E-state index in [1.165, 1.54) is 12.1 Å². The van der Waals surface area contributed by atoms with Gasteiger partial charge in [0.1, 0.15) is 6.04 Å². The third-order valence-electron chi connectivity index (χ3n) is 3.17. The van der Waals surface area contributed by atoms with Gasteiger partial charge in [0.25, 0.3) is 0 Å². The van der Waals surface area contributed by atoms with E-state index in [0.717, 1.165) is 5.56 Å². The van der Waals surface area contributed by atoms with Gasteiger partial charge in [-0.3, -0.25) is 4.79 Å². The van der Waals surface area contributed by atoms with Crippen LogP contribution in [0, 0.1) is 6.92 Å². The maximum Gasteiger partial charge on any atom is 0.335 e. The molecule has 21 heavy (non-hydrogen) atoms. The Labute approximate surface area is 122 Å². The molecule has 5 heteroatoms. The van der Waals surface area contributed by atoms with Crippen molar-refractivity contribution >= 4 is 17.6 Å². The summed E-state index contributed by atoms with van der Waals surface area (Å²) in [6, 6.07) is 12.8. The molecule has 0 radical (unpaired) electrons. The van der Waals surface area contributed by atoms with Crippen molar-refractivity contribution in [1.82, 2.24) is 0 Å². The van der Waals surface area contributed by atoms with Crippen LogP contribution in [0.15, 0.2) is 48.5 Å². The predicted molar refractivity (Wildman–Crippen MR) is 80.1 cm³/mol. The zero-order chi connectivity index (χ0) is 15.4. The summed E-state index contributed by atoms with van der Waals surface area (Å²) in [5.74, 6) is -1.34. The van der Waals surface area contributed by atoms with Crippen LogP contribution in [0.2, 0.25) is 0 Å². The maximum absolute atomic E-state index is 12.1. The molecule has 1 amide bonds. The van der Waals surface area contributed by atoms with E-state index in [-0.39, 0.29) is 11.5 Å². The van der Waals surface area contributed by atoms with Gasteiger partial charge in [-0.15, -0.1) is 0 Å². The number of nitrogens with two attached hydrogens (primary N) is 1. The van der Waals surface area contributed by atoms with E-state index in [1.807, 2.05) is 18.2 Å². The van der Waals surface area contributed by atoms with Crippen molar-refractivity contribution in [3.8, 4) is 0 Å². The van der Waals surface area contributed by atoms with Crippen LogP contribution in [0.5, 0.6) is 0 Å². The number of benzene rings is 2. The molecule has 0 aliphatic rings. The number of aryl methyl sites for hydroxylation is 1. The van der Waals surface area contributed by atoms with Crippen LogP contribution in [0.1, 0.15) is 27.5 Å². The summed E-state index contributed by atoms with van der Waals surface area (Å²) in [7, 11) is 0. The molecule has 0 spiro atoms. The summed E-state index contributed by atoms with van der Waals surface area (Å²) in [6.45, 7) is 1.73. The molecule has 0 saturated carbocycles. The molecule has 5 nitrogen and oxygen atoms in total. The average Bonchev–Trinajstić information content (AvgIpc) is 2.49. The molecular formula is C16H16N2O3. The summed E-state index contributed by atoms with van der Waals surface area (Å²) in [4.78, 5) is 23.0. The Morgan fingerprint density at radius 3 is 2.38 bits per heavy atom. The van der Waals surface area contributed by atoms with Crippen molar-refractivity contribution < 1.29 is 14.7 Å². The maximum atomic E-state index is 12.1. The molecule has 1 atom stereocenters. The molecule has 0 unspecified atom stereocenters. The zero-order valence-electron chi connectivity index (χ0n) is 11.5. The fourth-order valence-corrected chi connectivity index (χ4v) is 1.96. The van der Waals surface area contributed by atoms with Crippen molar-refractivity contribution in [2.75, 3.05) is 5.32 Å². The summed E-state index contributed by atoms with van der Waals surface area (Å²) in [5.41, 5.74) is 8.03. The fourth-order valence-electron chi connectivity index (χ4n) is 1.96. The molecule has 0 heterocycles. The van der Waals surface area contributed by atoms with Gasteiger partial charge in [0.2, 0.25) is 5.91 Å². The Bertz CT molecular complexity index is 668. The number of carboxylic acids is 1. The van der Waals surface area contributed by atoms with Crippen LogP contribution in [0.25, 0.3) is 0 Å². The lowest BCUT2D eigenvalue weighted by Gasteiger charge is -2.14. The van der Waals surface area contributed by atoms with Gasteiger partial charge in [0.05, 0.1) is 5.56 Å². The lowest BCUT2D eigenvalue weighted by molar-refractivity contribution is -0.117. The number of nitrogens with one attached hydrogen (secondary N) is 1. The minimum Gasteiger partial charge on any atom is -0.478 e. The smallest absolute Gasteiger partial charge is 0.335 e. The normalized spacial score (nSPS) is 11.7. The van der Waals surface area contributed by atoms with Crippen LogP contribution in [0.4, 0.5) is 5.69 Å². The quantitative estimate of drug-likeness (QED) is 0.803. The summed E-state index contributed by atoms with van der Waals surface area (Å²) < 4.78 is 0. The van der Waals surface area contributed by atoms with Gasteiger partial charge in [-0.2, -0.15) is 0 Å². The van der Waals surface area contributed by atoms with Crippen LogP contribution >= 0.6 is 0 Å². The van der Waals surface area contributed by atoms with Crippen LogP contribution in [0.3, 0.4) is 0 Å². The number of anilines is 1. The second-order valence-electron chi connectivity index (χ2n) is 4.71. The third-order valence-corrected chi connectivity index (χ3v) is 3.17. The van der Waals surface area contributed by atoms with E-state index in [9.17, 15) is 9.59 Å². The highest BCUT2D eigenvalue weighted by Crippen LogP contribution is 2.19. The van der Waals surface area contributed by atoms with Crippen molar-refractivity contribution in [3.63, 3.8) is 0 Å². The van der Waals surface area contributed by atoms with Crippen molar-refractivity contribution in [3.05, 3.63) is 65.2 Å². The Kier molecular flexibility index (Phi) is 4.35. The lowest BCUT2D eigenvalue weighted by atomic mass is 10.1. The number of hydrogen-bond acceptors (Lipinski definition) is 3. The molecule has 2 aromatic carbocycles. The molecule has 0 aliphatic carbocycles. The highest BCUT2D eigenvalue weighted by atomic mass is 16.4. The predicted octanol–water partition coefficient (Wildman–Crippen LogP) is 2.33. The number of amides is 1. The van der Waals surface area contributed by atoms with Gasteiger partial charge in [-0.25, -0.2) is 4.79 Å². The van der Waals surface area contributed by atoms with Crippen LogP contribution < -0.4 is 11.1 Å². The molecule has 0 fully saturated rings. The highest BCUT2D eigenvalue weighted by Gasteiger charge is 2.16. The highest BCUT2D eigenvalue weighted by molar-refractivity contribution is 5.96. The number of carbonyl (C=O) groups is 2. The van der Waals surface area contributed by atoms with Crippen molar-refractivity contribution in [2.45, 2.75) is 13.0 Å². The minimum absolute atomic E-state index is 0.179. The van der Waals surface area contributed by atoms with E-state index in [0.29, 0.717) is 11.3 Å². The number of aromatic carboxylic acids is 1. The van der Waals surface area contributed by atoms with Gasteiger partial charge < -0.3 is 16.2 Å².